The highest BCUT2D eigenvalue weighted by atomic mass is 32.2. The molecule has 106 valence electrons. The van der Waals surface area contributed by atoms with E-state index in [-0.39, 0.29) is 5.54 Å². The van der Waals surface area contributed by atoms with Gasteiger partial charge in [0.2, 0.25) is 10.0 Å². The van der Waals surface area contributed by atoms with Crippen LogP contribution in [-0.4, -0.2) is 37.9 Å². The molecule has 1 aromatic rings. The van der Waals surface area contributed by atoms with Gasteiger partial charge in [-0.05, 0) is 39.3 Å². The molecule has 0 aromatic heterocycles. The van der Waals surface area contributed by atoms with Gasteiger partial charge in [0.25, 0.3) is 0 Å². The number of hydrogen-bond donors (Lipinski definition) is 1. The number of piperazine rings is 1. The lowest BCUT2D eigenvalue weighted by Crippen LogP contribution is -2.58. The van der Waals surface area contributed by atoms with Crippen LogP contribution in [0.3, 0.4) is 0 Å². The molecule has 1 saturated heterocycles. The molecule has 0 atom stereocenters. The summed E-state index contributed by atoms with van der Waals surface area (Å²) >= 11 is 0. The summed E-state index contributed by atoms with van der Waals surface area (Å²) in [5, 5.41) is 3.33. The van der Waals surface area contributed by atoms with Crippen LogP contribution in [0.4, 0.5) is 0 Å². The van der Waals surface area contributed by atoms with E-state index in [2.05, 4.69) is 5.32 Å². The highest BCUT2D eigenvalue weighted by Crippen LogP contribution is 2.23. The van der Waals surface area contributed by atoms with Crippen LogP contribution in [0.25, 0.3) is 0 Å². The van der Waals surface area contributed by atoms with Crippen molar-refractivity contribution in [2.75, 3.05) is 19.6 Å². The molecule has 1 aromatic carbocycles. The third-order valence-electron chi connectivity index (χ3n) is 3.48. The van der Waals surface area contributed by atoms with Gasteiger partial charge in [0.05, 0.1) is 4.90 Å². The number of nitrogens with one attached hydrogen (secondary N) is 1. The molecule has 1 aliphatic heterocycles. The first-order valence-electron chi connectivity index (χ1n) is 6.55. The minimum absolute atomic E-state index is 0.177. The molecule has 19 heavy (non-hydrogen) atoms. The molecule has 0 amide bonds. The predicted molar refractivity (Wildman–Crippen MR) is 76.8 cm³/mol. The first-order valence-corrected chi connectivity index (χ1v) is 7.99. The van der Waals surface area contributed by atoms with Crippen molar-refractivity contribution in [2.24, 2.45) is 0 Å². The summed E-state index contributed by atoms with van der Waals surface area (Å²) in [6, 6.07) is 5.49. The van der Waals surface area contributed by atoms with Crippen LogP contribution in [0.2, 0.25) is 0 Å². The summed E-state index contributed by atoms with van der Waals surface area (Å²) in [4.78, 5) is 0.427. The summed E-state index contributed by atoms with van der Waals surface area (Å²) in [7, 11) is -3.39. The van der Waals surface area contributed by atoms with Crippen molar-refractivity contribution in [3.63, 3.8) is 0 Å². The standard InChI is InChI=1S/C14H22N2O2S/c1-11-5-6-13(12(2)9-11)19(17,18)16-8-7-15-14(3,4)10-16/h5-6,9,15H,7-8,10H2,1-4H3. The van der Waals surface area contributed by atoms with E-state index in [0.29, 0.717) is 24.5 Å². The van der Waals surface area contributed by atoms with Crippen LogP contribution in [0, 0.1) is 13.8 Å². The minimum atomic E-state index is -3.39. The van der Waals surface area contributed by atoms with E-state index in [9.17, 15) is 8.42 Å². The fourth-order valence-electron chi connectivity index (χ4n) is 2.53. The van der Waals surface area contributed by atoms with Crippen LogP contribution in [0.5, 0.6) is 0 Å². The third kappa shape index (κ3) is 2.99. The van der Waals surface area contributed by atoms with Crippen LogP contribution in [-0.2, 0) is 10.0 Å². The van der Waals surface area contributed by atoms with Gasteiger partial charge in [-0.1, -0.05) is 17.7 Å². The Hall–Kier alpha value is -0.910. The van der Waals surface area contributed by atoms with Crippen molar-refractivity contribution >= 4 is 10.0 Å². The van der Waals surface area contributed by atoms with Gasteiger partial charge < -0.3 is 5.32 Å². The fourth-order valence-corrected chi connectivity index (χ4v) is 4.34. The number of benzene rings is 1. The largest absolute Gasteiger partial charge is 0.309 e. The number of nitrogens with zero attached hydrogens (tertiary/aromatic N) is 1. The summed E-state index contributed by atoms with van der Waals surface area (Å²) < 4.78 is 27.0. The molecule has 0 aliphatic carbocycles. The highest BCUT2D eigenvalue weighted by molar-refractivity contribution is 7.89. The molecule has 0 saturated carbocycles. The summed E-state index contributed by atoms with van der Waals surface area (Å²) in [6.45, 7) is 9.59. The lowest BCUT2D eigenvalue weighted by molar-refractivity contribution is 0.233. The maximum absolute atomic E-state index is 12.7. The van der Waals surface area contributed by atoms with Crippen LogP contribution in [0.15, 0.2) is 23.1 Å². The van der Waals surface area contributed by atoms with Gasteiger partial charge in [-0.2, -0.15) is 4.31 Å². The molecule has 0 bridgehead atoms. The molecule has 2 rings (SSSR count). The second-order valence-corrected chi connectivity index (χ2v) is 7.82. The highest BCUT2D eigenvalue weighted by Gasteiger charge is 2.34. The summed E-state index contributed by atoms with van der Waals surface area (Å²) in [6.07, 6.45) is 0. The van der Waals surface area contributed by atoms with E-state index in [1.165, 1.54) is 0 Å². The Morgan fingerprint density at radius 3 is 2.53 bits per heavy atom. The SMILES string of the molecule is Cc1ccc(S(=O)(=O)N2CCNC(C)(C)C2)c(C)c1. The second-order valence-electron chi connectivity index (χ2n) is 5.92. The van der Waals surface area contributed by atoms with Crippen molar-refractivity contribution < 1.29 is 8.42 Å². The summed E-state index contributed by atoms with van der Waals surface area (Å²) in [5.41, 5.74) is 1.72. The molecular formula is C14H22N2O2S. The fraction of sp³-hybridized carbons (Fsp3) is 0.571. The van der Waals surface area contributed by atoms with Crippen molar-refractivity contribution in [3.05, 3.63) is 29.3 Å². The van der Waals surface area contributed by atoms with Gasteiger partial charge in [-0.3, -0.25) is 0 Å². The number of sulfonamides is 1. The minimum Gasteiger partial charge on any atom is -0.309 e. The van der Waals surface area contributed by atoms with E-state index < -0.39 is 10.0 Å². The van der Waals surface area contributed by atoms with Crippen molar-refractivity contribution in [1.82, 2.24) is 9.62 Å². The van der Waals surface area contributed by atoms with Crippen LogP contribution < -0.4 is 5.32 Å². The lowest BCUT2D eigenvalue weighted by atomic mass is 10.0. The van der Waals surface area contributed by atoms with Crippen LogP contribution in [0.1, 0.15) is 25.0 Å². The Morgan fingerprint density at radius 1 is 1.26 bits per heavy atom. The molecule has 4 nitrogen and oxygen atoms in total. The number of hydrogen-bond acceptors (Lipinski definition) is 3. The van der Waals surface area contributed by atoms with Gasteiger partial charge in [0.15, 0.2) is 0 Å². The molecule has 0 radical (unpaired) electrons. The van der Waals surface area contributed by atoms with Gasteiger partial charge >= 0.3 is 0 Å². The Labute approximate surface area is 115 Å². The predicted octanol–water partition coefficient (Wildman–Crippen LogP) is 1.68. The van der Waals surface area contributed by atoms with E-state index in [0.717, 1.165) is 11.1 Å². The van der Waals surface area contributed by atoms with Gasteiger partial charge in [0, 0.05) is 25.2 Å². The van der Waals surface area contributed by atoms with Crippen molar-refractivity contribution in [3.8, 4) is 0 Å². The second kappa shape index (κ2) is 4.89. The van der Waals surface area contributed by atoms with E-state index in [1.54, 1.807) is 10.4 Å². The first-order chi connectivity index (χ1) is 8.72. The average molecular weight is 282 g/mol. The number of rotatable bonds is 2. The maximum Gasteiger partial charge on any atom is 0.243 e. The molecule has 1 aliphatic rings. The third-order valence-corrected chi connectivity index (χ3v) is 5.49. The lowest BCUT2D eigenvalue weighted by Gasteiger charge is -2.38. The maximum atomic E-state index is 12.7. The molecular weight excluding hydrogens is 260 g/mol. The Morgan fingerprint density at radius 2 is 1.95 bits per heavy atom. The van der Waals surface area contributed by atoms with Crippen molar-refractivity contribution in [2.45, 2.75) is 38.1 Å². The molecule has 1 N–H and O–H groups in total. The molecule has 0 spiro atoms. The Bertz CT molecular complexity index is 579. The Kier molecular flexibility index (Phi) is 3.73. The molecule has 1 fully saturated rings. The van der Waals surface area contributed by atoms with Crippen LogP contribution >= 0.6 is 0 Å². The van der Waals surface area contributed by atoms with E-state index in [1.807, 2.05) is 39.8 Å². The zero-order valence-electron chi connectivity index (χ0n) is 12.0. The topological polar surface area (TPSA) is 49.4 Å². The first kappa shape index (κ1) is 14.5. The average Bonchev–Trinajstić information content (AvgIpc) is 2.27. The van der Waals surface area contributed by atoms with E-state index in [4.69, 9.17) is 0 Å². The van der Waals surface area contributed by atoms with Crippen molar-refractivity contribution in [1.29, 1.82) is 0 Å². The molecule has 1 heterocycles. The molecule has 0 unspecified atom stereocenters. The smallest absolute Gasteiger partial charge is 0.243 e. The Balaban J connectivity index is 2.37. The normalized spacial score (nSPS) is 20.4. The zero-order chi connectivity index (χ0) is 14.3. The zero-order valence-corrected chi connectivity index (χ0v) is 12.8. The summed E-state index contributed by atoms with van der Waals surface area (Å²) in [5.74, 6) is 0. The van der Waals surface area contributed by atoms with Gasteiger partial charge in [0.1, 0.15) is 0 Å². The van der Waals surface area contributed by atoms with E-state index >= 15 is 0 Å². The quantitative estimate of drug-likeness (QED) is 0.898. The monoisotopic (exact) mass is 282 g/mol. The number of aryl methyl sites for hydroxylation is 2. The van der Waals surface area contributed by atoms with Gasteiger partial charge in [-0.15, -0.1) is 0 Å². The van der Waals surface area contributed by atoms with Gasteiger partial charge in [-0.25, -0.2) is 8.42 Å². The molecule has 5 heteroatoms.